The number of thioether (sulfide) groups is 2. The van der Waals surface area contributed by atoms with Gasteiger partial charge in [-0.2, -0.15) is 0 Å². The van der Waals surface area contributed by atoms with Gasteiger partial charge in [0.05, 0.1) is 11.4 Å². The molecule has 0 saturated heterocycles. The summed E-state index contributed by atoms with van der Waals surface area (Å²) in [5, 5.41) is 0.499. The van der Waals surface area contributed by atoms with Gasteiger partial charge in [0.2, 0.25) is 5.91 Å². The second-order valence-electron chi connectivity index (χ2n) is 5.47. The molecule has 0 saturated carbocycles. The van der Waals surface area contributed by atoms with Crippen molar-refractivity contribution in [2.45, 2.75) is 28.4 Å². The Hall–Kier alpha value is -1.46. The van der Waals surface area contributed by atoms with Crippen LogP contribution in [0.25, 0.3) is 0 Å². The van der Waals surface area contributed by atoms with E-state index in [1.165, 1.54) is 23.9 Å². The van der Waals surface area contributed by atoms with Crippen molar-refractivity contribution in [3.05, 3.63) is 54.3 Å². The minimum atomic E-state index is -0.256. The third-order valence-electron chi connectivity index (χ3n) is 3.72. The summed E-state index contributed by atoms with van der Waals surface area (Å²) >= 11 is 3.28. The number of anilines is 1. The average molecular weight is 347 g/mol. The number of hydrogen-bond acceptors (Lipinski definition) is 3. The molecule has 2 aromatic rings. The summed E-state index contributed by atoms with van der Waals surface area (Å²) < 4.78 is 12.9. The summed E-state index contributed by atoms with van der Waals surface area (Å²) in [4.78, 5) is 16.6. The fraction of sp³-hybridized carbons (Fsp3) is 0.278. The van der Waals surface area contributed by atoms with Crippen molar-refractivity contribution in [3.63, 3.8) is 0 Å². The molecule has 0 bridgehead atoms. The van der Waals surface area contributed by atoms with Gasteiger partial charge in [-0.3, -0.25) is 4.79 Å². The van der Waals surface area contributed by atoms with Gasteiger partial charge in [0.1, 0.15) is 5.82 Å². The van der Waals surface area contributed by atoms with Crippen LogP contribution in [0.2, 0.25) is 0 Å². The second kappa shape index (κ2) is 7.41. The molecule has 0 spiro atoms. The first-order chi connectivity index (χ1) is 11.1. The maximum atomic E-state index is 12.9. The number of benzene rings is 2. The third kappa shape index (κ3) is 4.09. The largest absolute Gasteiger partial charge is 0.311 e. The van der Waals surface area contributed by atoms with Crippen LogP contribution in [0.1, 0.15) is 13.3 Å². The van der Waals surface area contributed by atoms with Gasteiger partial charge < -0.3 is 4.90 Å². The van der Waals surface area contributed by atoms with E-state index in [2.05, 4.69) is 13.0 Å². The molecule has 3 rings (SSSR count). The summed E-state index contributed by atoms with van der Waals surface area (Å²) in [6.07, 6.45) is 0.978. The Bertz CT molecular complexity index is 690. The van der Waals surface area contributed by atoms with Gasteiger partial charge in [0.15, 0.2) is 0 Å². The topological polar surface area (TPSA) is 20.3 Å². The lowest BCUT2D eigenvalue weighted by Gasteiger charge is -2.22. The van der Waals surface area contributed by atoms with Crippen molar-refractivity contribution in [2.75, 3.05) is 17.2 Å². The number of fused-ring (bicyclic) bond motifs is 1. The van der Waals surface area contributed by atoms with Crippen molar-refractivity contribution < 1.29 is 9.18 Å². The summed E-state index contributed by atoms with van der Waals surface area (Å²) in [6.45, 7) is 2.94. The minimum absolute atomic E-state index is 0.0986. The van der Waals surface area contributed by atoms with E-state index in [0.29, 0.717) is 11.0 Å². The van der Waals surface area contributed by atoms with Crippen molar-refractivity contribution in [1.82, 2.24) is 0 Å². The van der Waals surface area contributed by atoms with Gasteiger partial charge in [-0.15, -0.1) is 23.5 Å². The van der Waals surface area contributed by atoms with E-state index in [1.807, 2.05) is 34.9 Å². The number of rotatable bonds is 3. The summed E-state index contributed by atoms with van der Waals surface area (Å²) in [7, 11) is 0. The van der Waals surface area contributed by atoms with E-state index in [4.69, 9.17) is 0 Å². The molecule has 0 N–H and O–H groups in total. The Morgan fingerprint density at radius 3 is 2.78 bits per heavy atom. The molecule has 2 aromatic carbocycles. The van der Waals surface area contributed by atoms with Crippen molar-refractivity contribution in [1.29, 1.82) is 0 Å². The van der Waals surface area contributed by atoms with Gasteiger partial charge in [-0.1, -0.05) is 19.1 Å². The molecule has 120 valence electrons. The molecule has 23 heavy (non-hydrogen) atoms. The number of nitrogens with zero attached hydrogens (tertiary/aromatic N) is 1. The molecule has 2 nitrogen and oxygen atoms in total. The predicted molar refractivity (Wildman–Crippen MR) is 95.9 cm³/mol. The number of hydrogen-bond donors (Lipinski definition) is 0. The van der Waals surface area contributed by atoms with Crippen molar-refractivity contribution in [2.24, 2.45) is 0 Å². The molecule has 0 radical (unpaired) electrons. The van der Waals surface area contributed by atoms with Gasteiger partial charge in [-0.05, 0) is 42.8 Å². The van der Waals surface area contributed by atoms with Crippen molar-refractivity contribution >= 4 is 35.1 Å². The highest BCUT2D eigenvalue weighted by Crippen LogP contribution is 2.37. The van der Waals surface area contributed by atoms with E-state index < -0.39 is 0 Å². The summed E-state index contributed by atoms with van der Waals surface area (Å²) in [6, 6.07) is 14.3. The quantitative estimate of drug-likeness (QED) is 0.741. The van der Waals surface area contributed by atoms with Crippen LogP contribution in [-0.4, -0.2) is 23.5 Å². The third-order valence-corrected chi connectivity index (χ3v) is 5.95. The Morgan fingerprint density at radius 1 is 1.26 bits per heavy atom. The van der Waals surface area contributed by atoms with E-state index in [-0.39, 0.29) is 11.7 Å². The first-order valence-corrected chi connectivity index (χ1v) is 9.44. The average Bonchev–Trinajstić information content (AvgIpc) is 2.72. The minimum Gasteiger partial charge on any atom is -0.311 e. The Balaban J connectivity index is 1.72. The normalized spacial score (nSPS) is 17.5. The summed E-state index contributed by atoms with van der Waals surface area (Å²) in [5.41, 5.74) is 1.01. The van der Waals surface area contributed by atoms with E-state index in [9.17, 15) is 9.18 Å². The SMILES string of the molecule is CC1CCN(C(=O)CSc2ccc(F)cc2)c2ccccc2S1. The lowest BCUT2D eigenvalue weighted by molar-refractivity contribution is -0.116. The van der Waals surface area contributed by atoms with Crippen LogP contribution in [0.15, 0.2) is 58.3 Å². The van der Waals surface area contributed by atoms with Gasteiger partial charge >= 0.3 is 0 Å². The van der Waals surface area contributed by atoms with Crippen LogP contribution in [0.4, 0.5) is 10.1 Å². The van der Waals surface area contributed by atoms with Crippen LogP contribution in [-0.2, 0) is 4.79 Å². The van der Waals surface area contributed by atoms with Crippen LogP contribution in [0, 0.1) is 5.82 Å². The van der Waals surface area contributed by atoms with Crippen LogP contribution < -0.4 is 4.90 Å². The molecule has 1 unspecified atom stereocenters. The number of carbonyl (C=O) groups excluding carboxylic acids is 1. The molecular weight excluding hydrogens is 329 g/mol. The molecule has 0 aromatic heterocycles. The van der Waals surface area contributed by atoms with Crippen LogP contribution in [0.5, 0.6) is 0 Å². The smallest absolute Gasteiger partial charge is 0.237 e. The van der Waals surface area contributed by atoms with Gasteiger partial charge in [-0.25, -0.2) is 4.39 Å². The van der Waals surface area contributed by atoms with Gasteiger partial charge in [0, 0.05) is 21.6 Å². The van der Waals surface area contributed by atoms with E-state index in [0.717, 1.165) is 28.4 Å². The zero-order chi connectivity index (χ0) is 16.2. The Morgan fingerprint density at radius 2 is 2.00 bits per heavy atom. The highest BCUT2D eigenvalue weighted by Gasteiger charge is 2.23. The number of halogens is 1. The number of amides is 1. The van der Waals surface area contributed by atoms with Gasteiger partial charge in [0.25, 0.3) is 0 Å². The Kier molecular flexibility index (Phi) is 5.28. The lowest BCUT2D eigenvalue weighted by Crippen LogP contribution is -2.33. The van der Waals surface area contributed by atoms with E-state index in [1.54, 1.807) is 12.1 Å². The molecular formula is C18H18FNOS2. The Labute approximate surface area is 144 Å². The molecule has 1 aliphatic heterocycles. The van der Waals surface area contributed by atoms with Crippen LogP contribution in [0.3, 0.4) is 0 Å². The number of carbonyl (C=O) groups is 1. The standard InChI is InChI=1S/C18H18FNOS2/c1-13-10-11-20(16-4-2-3-5-17(16)23-13)18(21)12-22-15-8-6-14(19)7-9-15/h2-9,13H,10-12H2,1H3. The summed E-state index contributed by atoms with van der Waals surface area (Å²) in [5.74, 6) is 0.202. The molecule has 1 amide bonds. The zero-order valence-corrected chi connectivity index (χ0v) is 14.5. The van der Waals surface area contributed by atoms with Crippen molar-refractivity contribution in [3.8, 4) is 0 Å². The maximum absolute atomic E-state index is 12.9. The lowest BCUT2D eigenvalue weighted by atomic mass is 10.2. The zero-order valence-electron chi connectivity index (χ0n) is 12.9. The van der Waals surface area contributed by atoms with Crippen LogP contribution >= 0.6 is 23.5 Å². The fourth-order valence-electron chi connectivity index (χ4n) is 2.50. The molecule has 5 heteroatoms. The highest BCUT2D eigenvalue weighted by atomic mass is 32.2. The van der Waals surface area contributed by atoms with E-state index >= 15 is 0 Å². The number of para-hydroxylation sites is 1. The molecule has 1 heterocycles. The first-order valence-electron chi connectivity index (χ1n) is 7.58. The molecule has 1 aliphatic rings. The second-order valence-corrected chi connectivity index (χ2v) is 8.00. The predicted octanol–water partition coefficient (Wildman–Crippen LogP) is 4.84. The monoisotopic (exact) mass is 347 g/mol. The molecule has 0 fully saturated rings. The fourth-order valence-corrected chi connectivity index (χ4v) is 4.39. The molecule has 1 atom stereocenters. The first kappa shape index (κ1) is 16.4. The highest BCUT2D eigenvalue weighted by molar-refractivity contribution is 8.00. The maximum Gasteiger partial charge on any atom is 0.237 e. The molecule has 0 aliphatic carbocycles.